The lowest BCUT2D eigenvalue weighted by molar-refractivity contribution is 0.575. The van der Waals surface area contributed by atoms with Crippen molar-refractivity contribution < 1.29 is 4.57 Å². The molecular weight excluding hydrogens is 131 g/mol. The summed E-state index contributed by atoms with van der Waals surface area (Å²) >= 11 is 0. The first kappa shape index (κ1) is 9.23. The van der Waals surface area contributed by atoms with E-state index in [9.17, 15) is 4.57 Å². The lowest BCUT2D eigenvalue weighted by atomic mass is 10.6. The third-order valence-corrected chi connectivity index (χ3v) is 5.15. The minimum atomic E-state index is -1.74. The fourth-order valence-corrected chi connectivity index (χ4v) is 2.48. The summed E-state index contributed by atoms with van der Waals surface area (Å²) in [5.41, 5.74) is 0. The van der Waals surface area contributed by atoms with Gasteiger partial charge in [-0.05, 0) is 18.7 Å². The minimum absolute atomic E-state index is 0.818. The van der Waals surface area contributed by atoms with Crippen LogP contribution in [0.3, 0.4) is 0 Å². The van der Waals surface area contributed by atoms with Crippen LogP contribution >= 0.6 is 7.14 Å². The lowest BCUT2D eigenvalue weighted by Crippen LogP contribution is -1.93. The summed E-state index contributed by atoms with van der Waals surface area (Å²) in [6.45, 7) is 7.69. The van der Waals surface area contributed by atoms with Gasteiger partial charge in [-0.15, -0.1) is 0 Å². The molecule has 55 valence electrons. The predicted molar refractivity (Wildman–Crippen MR) is 43.5 cm³/mol. The molecule has 0 saturated carbocycles. The molecule has 0 heterocycles. The lowest BCUT2D eigenvalue weighted by Gasteiger charge is -2.11. The number of hydrogen-bond donors (Lipinski definition) is 0. The highest BCUT2D eigenvalue weighted by Gasteiger charge is 2.13. The first-order valence-electron chi connectivity index (χ1n) is 3.55. The summed E-state index contributed by atoms with van der Waals surface area (Å²) in [7, 11) is -1.74. The van der Waals surface area contributed by atoms with E-state index in [2.05, 4.69) is 6.92 Å². The molecule has 0 aliphatic heterocycles. The largest absolute Gasteiger partial charge is 0.324 e. The van der Waals surface area contributed by atoms with Gasteiger partial charge in [-0.2, -0.15) is 0 Å². The van der Waals surface area contributed by atoms with Crippen molar-refractivity contribution in [1.29, 1.82) is 0 Å². The average Bonchev–Trinajstić information content (AvgIpc) is 1.89. The fourth-order valence-electron chi connectivity index (χ4n) is 0.828. The van der Waals surface area contributed by atoms with Gasteiger partial charge in [0, 0.05) is 6.16 Å². The molecule has 2 heteroatoms. The van der Waals surface area contributed by atoms with Gasteiger partial charge in [0.15, 0.2) is 0 Å². The Kier molecular flexibility index (Phi) is 4.22. The summed E-state index contributed by atoms with van der Waals surface area (Å²) < 4.78 is 11.5. The SMILES string of the molecule is [CH2]CCP(=O)(CC)CC. The Morgan fingerprint density at radius 2 is 1.78 bits per heavy atom. The molecule has 0 aliphatic carbocycles. The number of rotatable bonds is 4. The number of hydrogen-bond acceptors (Lipinski definition) is 1. The Morgan fingerprint density at radius 1 is 1.33 bits per heavy atom. The van der Waals surface area contributed by atoms with Gasteiger partial charge < -0.3 is 4.57 Å². The summed E-state index contributed by atoms with van der Waals surface area (Å²) in [4.78, 5) is 0. The molecule has 0 aromatic rings. The molecule has 0 saturated heterocycles. The molecule has 0 spiro atoms. The molecule has 0 unspecified atom stereocenters. The third kappa shape index (κ3) is 3.05. The topological polar surface area (TPSA) is 17.1 Å². The molecular formula is C7H16OP. The third-order valence-electron chi connectivity index (χ3n) is 1.72. The molecule has 0 aromatic heterocycles. The van der Waals surface area contributed by atoms with Crippen LogP contribution in [0.1, 0.15) is 20.3 Å². The van der Waals surface area contributed by atoms with E-state index < -0.39 is 7.14 Å². The van der Waals surface area contributed by atoms with Crippen molar-refractivity contribution in [3.63, 3.8) is 0 Å². The van der Waals surface area contributed by atoms with E-state index in [0.29, 0.717) is 0 Å². The van der Waals surface area contributed by atoms with E-state index in [0.717, 1.165) is 24.9 Å². The molecule has 0 atom stereocenters. The van der Waals surface area contributed by atoms with Gasteiger partial charge in [-0.25, -0.2) is 0 Å². The van der Waals surface area contributed by atoms with Gasteiger partial charge in [0.25, 0.3) is 0 Å². The summed E-state index contributed by atoms with van der Waals surface area (Å²) in [5.74, 6) is 0. The highest BCUT2D eigenvalue weighted by atomic mass is 31.2. The minimum Gasteiger partial charge on any atom is -0.324 e. The van der Waals surface area contributed by atoms with E-state index in [4.69, 9.17) is 0 Å². The second kappa shape index (κ2) is 4.11. The molecule has 0 rings (SSSR count). The van der Waals surface area contributed by atoms with Crippen molar-refractivity contribution in [2.45, 2.75) is 20.3 Å². The van der Waals surface area contributed by atoms with Crippen LogP contribution in [-0.4, -0.2) is 18.5 Å². The second-order valence-electron chi connectivity index (χ2n) is 2.27. The van der Waals surface area contributed by atoms with Crippen LogP contribution in [0.5, 0.6) is 0 Å². The van der Waals surface area contributed by atoms with E-state index in [1.165, 1.54) is 0 Å². The van der Waals surface area contributed by atoms with Gasteiger partial charge in [-0.1, -0.05) is 20.8 Å². The van der Waals surface area contributed by atoms with Crippen molar-refractivity contribution in [3.05, 3.63) is 6.92 Å². The maximum Gasteiger partial charge on any atom is 0.0872 e. The van der Waals surface area contributed by atoms with Crippen LogP contribution in [0.15, 0.2) is 0 Å². The van der Waals surface area contributed by atoms with E-state index in [-0.39, 0.29) is 0 Å². The maximum absolute atomic E-state index is 11.5. The molecule has 0 N–H and O–H groups in total. The van der Waals surface area contributed by atoms with Crippen LogP contribution in [0.25, 0.3) is 0 Å². The zero-order valence-electron chi connectivity index (χ0n) is 6.39. The first-order chi connectivity index (χ1) is 4.18. The Labute approximate surface area is 58.2 Å². The van der Waals surface area contributed by atoms with Crippen molar-refractivity contribution in [2.75, 3.05) is 18.5 Å². The summed E-state index contributed by atoms with van der Waals surface area (Å²) in [5, 5.41) is 0. The van der Waals surface area contributed by atoms with Crippen LogP contribution in [0, 0.1) is 6.92 Å². The van der Waals surface area contributed by atoms with Gasteiger partial charge in [0.05, 0.1) is 7.14 Å². The molecule has 0 fully saturated rings. The molecule has 0 bridgehead atoms. The quantitative estimate of drug-likeness (QED) is 0.558. The zero-order chi connectivity index (χ0) is 7.33. The predicted octanol–water partition coefficient (Wildman–Crippen LogP) is 2.61. The monoisotopic (exact) mass is 147 g/mol. The fraction of sp³-hybridized carbons (Fsp3) is 0.857. The van der Waals surface area contributed by atoms with Crippen molar-refractivity contribution in [3.8, 4) is 0 Å². The zero-order valence-corrected chi connectivity index (χ0v) is 7.29. The molecule has 0 aromatic carbocycles. The summed E-state index contributed by atoms with van der Waals surface area (Å²) in [6.07, 6.45) is 3.34. The van der Waals surface area contributed by atoms with Crippen molar-refractivity contribution in [1.82, 2.24) is 0 Å². The molecule has 1 nitrogen and oxygen atoms in total. The van der Waals surface area contributed by atoms with Crippen LogP contribution in [0.2, 0.25) is 0 Å². The van der Waals surface area contributed by atoms with E-state index in [1.54, 1.807) is 0 Å². The van der Waals surface area contributed by atoms with Crippen LogP contribution in [-0.2, 0) is 4.57 Å². The molecule has 9 heavy (non-hydrogen) atoms. The highest BCUT2D eigenvalue weighted by Crippen LogP contribution is 2.44. The van der Waals surface area contributed by atoms with Gasteiger partial charge in [0.2, 0.25) is 0 Å². The second-order valence-corrected chi connectivity index (χ2v) is 6.10. The summed E-state index contributed by atoms with van der Waals surface area (Å²) in [6, 6.07) is 0. The van der Waals surface area contributed by atoms with Crippen molar-refractivity contribution in [2.24, 2.45) is 0 Å². The van der Waals surface area contributed by atoms with Gasteiger partial charge in [0.1, 0.15) is 0 Å². The Balaban J connectivity index is 3.78. The Hall–Kier alpha value is 0.230. The first-order valence-corrected chi connectivity index (χ1v) is 5.81. The average molecular weight is 147 g/mol. The Bertz CT molecular complexity index is 101. The van der Waals surface area contributed by atoms with Crippen molar-refractivity contribution >= 4 is 7.14 Å². The highest BCUT2D eigenvalue weighted by molar-refractivity contribution is 7.63. The Morgan fingerprint density at radius 3 is 1.89 bits per heavy atom. The van der Waals surface area contributed by atoms with Gasteiger partial charge >= 0.3 is 0 Å². The van der Waals surface area contributed by atoms with E-state index in [1.807, 2.05) is 13.8 Å². The maximum atomic E-state index is 11.5. The normalized spacial score (nSPS) is 11.9. The van der Waals surface area contributed by atoms with Gasteiger partial charge in [-0.3, -0.25) is 0 Å². The molecule has 0 aliphatic rings. The van der Waals surface area contributed by atoms with Crippen LogP contribution < -0.4 is 0 Å². The molecule has 0 amide bonds. The molecule has 1 radical (unpaired) electrons. The smallest absolute Gasteiger partial charge is 0.0872 e. The van der Waals surface area contributed by atoms with Crippen LogP contribution in [0.4, 0.5) is 0 Å². The standard InChI is InChI=1S/C7H16OP/c1-4-7-9(8,5-2)6-3/h1,4-7H2,2-3H3. The van der Waals surface area contributed by atoms with E-state index >= 15 is 0 Å².